The first-order valence-electron chi connectivity index (χ1n) is 12.8. The average molecular weight is 476 g/mol. The van der Waals surface area contributed by atoms with Crippen LogP contribution in [0.15, 0.2) is 85.0 Å². The molecule has 0 unspecified atom stereocenters. The van der Waals surface area contributed by atoms with E-state index in [0.29, 0.717) is 30.6 Å². The number of amides is 1. The van der Waals surface area contributed by atoms with Gasteiger partial charge in [-0.1, -0.05) is 81.1 Å². The molecule has 4 heteroatoms. The van der Waals surface area contributed by atoms with E-state index in [1.54, 1.807) is 4.90 Å². The highest BCUT2D eigenvalue weighted by Crippen LogP contribution is 2.45. The third-order valence-electron chi connectivity index (χ3n) is 6.39. The van der Waals surface area contributed by atoms with Gasteiger partial charge in [0.1, 0.15) is 5.75 Å². The van der Waals surface area contributed by atoms with Crippen molar-refractivity contribution < 1.29 is 15.0 Å². The maximum atomic E-state index is 10.8. The van der Waals surface area contributed by atoms with Crippen LogP contribution in [0, 0.1) is 5.92 Å². The van der Waals surface area contributed by atoms with Crippen molar-refractivity contribution in [3.05, 3.63) is 102 Å². The van der Waals surface area contributed by atoms with Crippen LogP contribution >= 0.6 is 0 Å². The van der Waals surface area contributed by atoms with Crippen molar-refractivity contribution in [3.8, 4) is 5.75 Å². The van der Waals surface area contributed by atoms with Crippen molar-refractivity contribution in [1.82, 2.24) is 4.90 Å². The molecule has 1 heterocycles. The molecule has 1 aliphatic carbocycles. The van der Waals surface area contributed by atoms with E-state index in [9.17, 15) is 9.90 Å². The monoisotopic (exact) mass is 475 g/mol. The minimum atomic E-state index is 0.0890. The van der Waals surface area contributed by atoms with Crippen LogP contribution in [0.3, 0.4) is 0 Å². The van der Waals surface area contributed by atoms with Crippen LogP contribution in [0.4, 0.5) is 0 Å². The Bertz CT molecular complexity index is 994. The predicted molar refractivity (Wildman–Crippen MR) is 146 cm³/mol. The lowest BCUT2D eigenvalue weighted by atomic mass is 9.69. The maximum absolute atomic E-state index is 10.8. The normalized spacial score (nSPS) is 19.4. The highest BCUT2D eigenvalue weighted by atomic mass is 16.3. The van der Waals surface area contributed by atoms with E-state index in [4.69, 9.17) is 5.11 Å². The summed E-state index contributed by atoms with van der Waals surface area (Å²) >= 11 is 0. The summed E-state index contributed by atoms with van der Waals surface area (Å²) in [6, 6.07) is 16.5. The zero-order chi connectivity index (χ0) is 25.6. The molecule has 2 aromatic carbocycles. The van der Waals surface area contributed by atoms with Crippen LogP contribution in [0.2, 0.25) is 0 Å². The summed E-state index contributed by atoms with van der Waals surface area (Å²) in [7, 11) is 0. The number of aliphatic hydroxyl groups is 1. The van der Waals surface area contributed by atoms with Gasteiger partial charge in [0.05, 0.1) is 6.61 Å². The fourth-order valence-electron chi connectivity index (χ4n) is 4.93. The number of rotatable bonds is 6. The molecule has 1 aliphatic heterocycles. The van der Waals surface area contributed by atoms with E-state index < -0.39 is 0 Å². The molecule has 1 saturated heterocycles. The number of fused-ring (bicyclic) bond motifs is 1. The van der Waals surface area contributed by atoms with Crippen LogP contribution in [0.25, 0.3) is 0 Å². The fourth-order valence-corrected chi connectivity index (χ4v) is 4.93. The van der Waals surface area contributed by atoms with Crippen molar-refractivity contribution in [3.63, 3.8) is 0 Å². The highest BCUT2D eigenvalue weighted by molar-refractivity contribution is 5.78. The molecule has 2 aliphatic rings. The number of likely N-dealkylation sites (tertiary alicyclic amines) is 1. The Hall–Kier alpha value is -3.11. The second-order valence-electron chi connectivity index (χ2n) is 8.53. The summed E-state index contributed by atoms with van der Waals surface area (Å²) in [5, 5.41) is 18.3. The number of nitrogens with zero attached hydrogens (tertiary/aromatic N) is 1. The van der Waals surface area contributed by atoms with Crippen LogP contribution < -0.4 is 0 Å². The minimum Gasteiger partial charge on any atom is -0.508 e. The second kappa shape index (κ2) is 15.0. The number of phenols is 1. The van der Waals surface area contributed by atoms with Gasteiger partial charge in [-0.05, 0) is 66.5 Å². The number of carbonyl (C=O) groups excluding carboxylic acids is 1. The van der Waals surface area contributed by atoms with Crippen LogP contribution in [-0.4, -0.2) is 40.7 Å². The van der Waals surface area contributed by atoms with Crippen molar-refractivity contribution in [2.75, 3.05) is 19.7 Å². The van der Waals surface area contributed by atoms with Crippen LogP contribution in [0.1, 0.15) is 62.6 Å². The van der Waals surface area contributed by atoms with Gasteiger partial charge in [-0.25, -0.2) is 0 Å². The first-order valence-corrected chi connectivity index (χ1v) is 12.8. The molecular weight excluding hydrogens is 434 g/mol. The zero-order valence-corrected chi connectivity index (χ0v) is 21.5. The van der Waals surface area contributed by atoms with E-state index in [1.807, 2.05) is 32.1 Å². The number of aliphatic hydroxyl groups excluding tert-OH is 1. The predicted octanol–water partition coefficient (Wildman–Crippen LogP) is 6.40. The van der Waals surface area contributed by atoms with Crippen molar-refractivity contribution >= 4 is 5.91 Å². The van der Waals surface area contributed by atoms with Gasteiger partial charge in [0.25, 0.3) is 0 Å². The van der Waals surface area contributed by atoms with Gasteiger partial charge in [-0.2, -0.15) is 0 Å². The number of carbonyl (C=O) groups is 1. The van der Waals surface area contributed by atoms with Crippen LogP contribution in [0.5, 0.6) is 5.75 Å². The Balaban J connectivity index is 0.000000329. The fraction of sp³-hybridized carbons (Fsp3) is 0.387. The lowest BCUT2D eigenvalue weighted by Gasteiger charge is -2.35. The molecule has 0 aromatic heterocycles. The zero-order valence-electron chi connectivity index (χ0n) is 21.5. The number of phenolic OH excluding ortho intramolecular Hbond substituents is 1. The molecule has 4 nitrogen and oxygen atoms in total. The summed E-state index contributed by atoms with van der Waals surface area (Å²) in [5.41, 5.74) is 5.24. The van der Waals surface area contributed by atoms with E-state index in [-0.39, 0.29) is 12.5 Å². The van der Waals surface area contributed by atoms with Gasteiger partial charge in [0.15, 0.2) is 0 Å². The first kappa shape index (κ1) is 28.1. The molecular formula is C31H41NO3. The Morgan fingerprint density at radius 2 is 1.89 bits per heavy atom. The Morgan fingerprint density at radius 3 is 2.49 bits per heavy atom. The Kier molecular flexibility index (Phi) is 12.1. The van der Waals surface area contributed by atoms with E-state index in [1.165, 1.54) is 22.3 Å². The SMILES string of the molecule is C=C/C=C(\C=C/C)[C@H]1CCc2cc(O)ccc2[C@H]1c1ccccc1.CC.O=C1CCCN1CCO. The third kappa shape index (κ3) is 7.69. The molecule has 1 fully saturated rings. The standard InChI is InChI=1S/C23H24O.C6H11NO2.C2H6/c1-3-8-17(9-4-2)21-14-12-19-16-20(24)13-15-22(19)23(21)18-10-6-5-7-11-18;8-5-4-7-3-1-2-6(7)9;1-2/h3-11,13,15-16,21,23-24H,1,12,14H2,2H3;8H,1-5H2;1-2H3/b9-4-,17-8+;;/t21-,23+;;/m1../s1. The Morgan fingerprint density at radius 1 is 1.14 bits per heavy atom. The second-order valence-corrected chi connectivity index (χ2v) is 8.53. The molecule has 2 atom stereocenters. The molecule has 2 N–H and O–H groups in total. The molecule has 0 radical (unpaired) electrons. The maximum Gasteiger partial charge on any atom is 0.222 e. The molecule has 1 amide bonds. The van der Waals surface area contributed by atoms with Gasteiger partial charge in [0.2, 0.25) is 5.91 Å². The molecule has 0 saturated carbocycles. The summed E-state index contributed by atoms with van der Waals surface area (Å²) in [6.07, 6.45) is 12.0. The van der Waals surface area contributed by atoms with Crippen molar-refractivity contribution in [2.45, 2.75) is 52.4 Å². The topological polar surface area (TPSA) is 60.8 Å². The molecule has 4 rings (SSSR count). The smallest absolute Gasteiger partial charge is 0.222 e. The van der Waals surface area contributed by atoms with Crippen molar-refractivity contribution in [1.29, 1.82) is 0 Å². The number of hydrogen-bond acceptors (Lipinski definition) is 3. The third-order valence-corrected chi connectivity index (χ3v) is 6.39. The average Bonchev–Trinajstić information content (AvgIpc) is 3.30. The van der Waals surface area contributed by atoms with Gasteiger partial charge >= 0.3 is 0 Å². The quantitative estimate of drug-likeness (QED) is 0.475. The van der Waals surface area contributed by atoms with Crippen LogP contribution in [-0.2, 0) is 11.2 Å². The lowest BCUT2D eigenvalue weighted by molar-refractivity contribution is -0.128. The van der Waals surface area contributed by atoms with Gasteiger partial charge < -0.3 is 15.1 Å². The summed E-state index contributed by atoms with van der Waals surface area (Å²) in [4.78, 5) is 12.5. The summed E-state index contributed by atoms with van der Waals surface area (Å²) < 4.78 is 0. The molecule has 188 valence electrons. The van der Waals surface area contributed by atoms with Gasteiger partial charge in [-0.3, -0.25) is 4.79 Å². The molecule has 0 bridgehead atoms. The highest BCUT2D eigenvalue weighted by Gasteiger charge is 2.32. The van der Waals surface area contributed by atoms with Gasteiger partial charge in [0, 0.05) is 25.4 Å². The number of aryl methyl sites for hydroxylation is 1. The number of β-amino-alcohol motifs (C(OH)–C–C–N with tert-alkyl or cyclic N) is 1. The van der Waals surface area contributed by atoms with Gasteiger partial charge in [-0.15, -0.1) is 0 Å². The number of hydrogen-bond donors (Lipinski definition) is 2. The van der Waals surface area contributed by atoms with E-state index in [0.717, 1.165) is 25.8 Å². The number of benzene rings is 2. The van der Waals surface area contributed by atoms with Crippen molar-refractivity contribution in [2.24, 2.45) is 5.92 Å². The molecule has 2 aromatic rings. The lowest BCUT2D eigenvalue weighted by Crippen LogP contribution is -2.27. The largest absolute Gasteiger partial charge is 0.508 e. The number of allylic oxidation sites excluding steroid dienone is 5. The Labute approximate surface area is 211 Å². The summed E-state index contributed by atoms with van der Waals surface area (Å²) in [6.45, 7) is 11.4. The summed E-state index contributed by atoms with van der Waals surface area (Å²) in [5.74, 6) is 1.26. The van der Waals surface area contributed by atoms with E-state index >= 15 is 0 Å². The minimum absolute atomic E-state index is 0.0890. The van der Waals surface area contributed by atoms with E-state index in [2.05, 4.69) is 68.1 Å². The molecule has 0 spiro atoms. The molecule has 35 heavy (non-hydrogen) atoms. The number of aromatic hydroxyl groups is 1. The first-order chi connectivity index (χ1) is 17.1.